The molecule has 0 aliphatic carbocycles. The molecule has 2 N–H and O–H groups in total. The summed E-state index contributed by atoms with van der Waals surface area (Å²) in [6.07, 6.45) is 2.61. The molecule has 3 aliphatic rings. The van der Waals surface area contributed by atoms with E-state index in [9.17, 15) is 0 Å². The van der Waals surface area contributed by atoms with Gasteiger partial charge < -0.3 is 10.6 Å². The van der Waals surface area contributed by atoms with Crippen LogP contribution in [0.1, 0.15) is 18.5 Å². The number of piperidine rings is 3. The van der Waals surface area contributed by atoms with Crippen LogP contribution in [0.2, 0.25) is 0 Å². The Morgan fingerprint density at radius 2 is 2.33 bits per heavy atom. The zero-order valence-corrected chi connectivity index (χ0v) is 11.8. The molecule has 1 aromatic rings. The predicted molar refractivity (Wildman–Crippen MR) is 74.5 cm³/mol. The van der Waals surface area contributed by atoms with Crippen molar-refractivity contribution in [2.45, 2.75) is 24.9 Å². The highest BCUT2D eigenvalue weighted by Crippen LogP contribution is 2.39. The van der Waals surface area contributed by atoms with Crippen LogP contribution in [0.4, 0.5) is 0 Å². The van der Waals surface area contributed by atoms with Crippen LogP contribution in [-0.2, 0) is 6.54 Å². The number of hydrogen-bond acceptors (Lipinski definition) is 5. The Hall–Kier alpha value is -0.490. The SMILES string of the molecule is CN(Cc1cscn1)C1(CN)CN2CCC1CC2. The van der Waals surface area contributed by atoms with Gasteiger partial charge in [0.25, 0.3) is 0 Å². The molecule has 3 saturated heterocycles. The number of thiazole rings is 1. The van der Waals surface area contributed by atoms with Crippen molar-refractivity contribution < 1.29 is 0 Å². The van der Waals surface area contributed by atoms with E-state index in [0.717, 1.165) is 25.6 Å². The number of fused-ring (bicyclic) bond motifs is 3. The molecule has 18 heavy (non-hydrogen) atoms. The first-order valence-corrected chi connectivity index (χ1v) is 7.69. The molecule has 4 heterocycles. The topological polar surface area (TPSA) is 45.4 Å². The van der Waals surface area contributed by atoms with E-state index in [-0.39, 0.29) is 5.54 Å². The Bertz CT molecular complexity index is 386. The molecule has 1 unspecified atom stereocenters. The highest BCUT2D eigenvalue weighted by atomic mass is 32.1. The third-order valence-electron chi connectivity index (χ3n) is 4.84. The summed E-state index contributed by atoms with van der Waals surface area (Å²) in [4.78, 5) is 9.43. The van der Waals surface area contributed by atoms with E-state index in [4.69, 9.17) is 5.73 Å². The lowest BCUT2D eigenvalue weighted by molar-refractivity contribution is -0.0599. The second-order valence-corrected chi connectivity index (χ2v) is 6.41. The highest BCUT2D eigenvalue weighted by Gasteiger charge is 2.48. The summed E-state index contributed by atoms with van der Waals surface area (Å²) in [6.45, 7) is 5.34. The molecule has 0 amide bonds. The molecule has 0 aromatic carbocycles. The Kier molecular flexibility index (Phi) is 3.40. The van der Waals surface area contributed by atoms with Gasteiger partial charge >= 0.3 is 0 Å². The van der Waals surface area contributed by atoms with Crippen molar-refractivity contribution in [1.29, 1.82) is 0 Å². The van der Waals surface area contributed by atoms with E-state index in [0.29, 0.717) is 0 Å². The number of nitrogens with two attached hydrogens (primary N) is 1. The molecule has 3 fully saturated rings. The van der Waals surface area contributed by atoms with E-state index < -0.39 is 0 Å². The van der Waals surface area contributed by atoms with Crippen LogP contribution in [0.3, 0.4) is 0 Å². The molecule has 2 bridgehead atoms. The van der Waals surface area contributed by atoms with Crippen LogP contribution in [0.5, 0.6) is 0 Å². The highest BCUT2D eigenvalue weighted by molar-refractivity contribution is 7.07. The second kappa shape index (κ2) is 4.89. The van der Waals surface area contributed by atoms with Gasteiger partial charge in [-0.25, -0.2) is 4.98 Å². The van der Waals surface area contributed by atoms with E-state index >= 15 is 0 Å². The third kappa shape index (κ3) is 1.99. The predicted octanol–water partition coefficient (Wildman–Crippen LogP) is 0.998. The van der Waals surface area contributed by atoms with Crippen LogP contribution >= 0.6 is 11.3 Å². The smallest absolute Gasteiger partial charge is 0.0795 e. The maximum atomic E-state index is 6.17. The normalized spacial score (nSPS) is 35.3. The van der Waals surface area contributed by atoms with Gasteiger partial charge in [0.2, 0.25) is 0 Å². The van der Waals surface area contributed by atoms with Crippen molar-refractivity contribution in [2.75, 3.05) is 33.2 Å². The Morgan fingerprint density at radius 3 is 2.83 bits per heavy atom. The van der Waals surface area contributed by atoms with Gasteiger partial charge in [-0.3, -0.25) is 4.90 Å². The van der Waals surface area contributed by atoms with Crippen LogP contribution in [0.15, 0.2) is 10.9 Å². The first kappa shape index (κ1) is 12.5. The molecule has 3 aliphatic heterocycles. The summed E-state index contributed by atoms with van der Waals surface area (Å²) < 4.78 is 0. The van der Waals surface area contributed by atoms with Crippen LogP contribution in [0, 0.1) is 5.92 Å². The van der Waals surface area contributed by atoms with Gasteiger partial charge in [0.1, 0.15) is 0 Å². The number of likely N-dealkylation sites (N-methyl/N-ethyl adjacent to an activating group) is 1. The van der Waals surface area contributed by atoms with Crippen molar-refractivity contribution >= 4 is 11.3 Å². The van der Waals surface area contributed by atoms with Gasteiger partial charge in [0, 0.05) is 30.6 Å². The Morgan fingerprint density at radius 1 is 1.56 bits per heavy atom. The summed E-state index contributed by atoms with van der Waals surface area (Å²) in [7, 11) is 2.22. The number of hydrogen-bond donors (Lipinski definition) is 1. The number of nitrogens with zero attached hydrogens (tertiary/aromatic N) is 3. The van der Waals surface area contributed by atoms with Gasteiger partial charge in [0.15, 0.2) is 0 Å². The van der Waals surface area contributed by atoms with Gasteiger partial charge in [-0.05, 0) is 38.9 Å². The molecule has 1 aromatic heterocycles. The molecule has 0 spiro atoms. The summed E-state index contributed by atoms with van der Waals surface area (Å²) in [6, 6.07) is 0. The van der Waals surface area contributed by atoms with Gasteiger partial charge in [-0.15, -0.1) is 11.3 Å². The Balaban J connectivity index is 1.78. The fourth-order valence-electron chi connectivity index (χ4n) is 3.68. The third-order valence-corrected chi connectivity index (χ3v) is 5.48. The molecule has 5 heteroatoms. The molecule has 4 rings (SSSR count). The van der Waals surface area contributed by atoms with E-state index in [2.05, 4.69) is 27.2 Å². The minimum Gasteiger partial charge on any atom is -0.329 e. The zero-order chi connectivity index (χ0) is 12.6. The summed E-state index contributed by atoms with van der Waals surface area (Å²) >= 11 is 1.67. The summed E-state index contributed by atoms with van der Waals surface area (Å²) in [5, 5.41) is 2.14. The molecular formula is C13H22N4S. The fourth-order valence-corrected chi connectivity index (χ4v) is 4.23. The van der Waals surface area contributed by atoms with E-state index in [1.807, 2.05) is 5.51 Å². The molecular weight excluding hydrogens is 244 g/mol. The largest absolute Gasteiger partial charge is 0.329 e. The lowest BCUT2D eigenvalue weighted by Gasteiger charge is -2.56. The van der Waals surface area contributed by atoms with Gasteiger partial charge in [0.05, 0.1) is 11.2 Å². The van der Waals surface area contributed by atoms with Gasteiger partial charge in [-0.2, -0.15) is 0 Å². The minimum atomic E-state index is 0.167. The van der Waals surface area contributed by atoms with Crippen molar-refractivity contribution in [1.82, 2.24) is 14.8 Å². The zero-order valence-electron chi connectivity index (χ0n) is 11.0. The molecule has 0 radical (unpaired) electrons. The van der Waals surface area contributed by atoms with E-state index in [1.165, 1.54) is 31.6 Å². The van der Waals surface area contributed by atoms with Crippen molar-refractivity contribution in [3.05, 3.63) is 16.6 Å². The van der Waals surface area contributed by atoms with Crippen molar-refractivity contribution in [2.24, 2.45) is 11.7 Å². The lowest BCUT2D eigenvalue weighted by atomic mass is 9.71. The van der Waals surface area contributed by atoms with Crippen molar-refractivity contribution in [3.8, 4) is 0 Å². The molecule has 0 saturated carbocycles. The average Bonchev–Trinajstić information content (AvgIpc) is 2.92. The standard InChI is InChI=1S/C13H22N4S/c1-16(6-12-7-18-10-15-12)13(8-14)9-17-4-2-11(13)3-5-17/h7,10-11H,2-6,8-9,14H2,1H3. The molecule has 100 valence electrons. The summed E-state index contributed by atoms with van der Waals surface area (Å²) in [5.41, 5.74) is 9.42. The maximum Gasteiger partial charge on any atom is 0.0795 e. The van der Waals surface area contributed by atoms with Crippen molar-refractivity contribution in [3.63, 3.8) is 0 Å². The number of rotatable bonds is 4. The monoisotopic (exact) mass is 266 g/mol. The van der Waals surface area contributed by atoms with Gasteiger partial charge in [-0.1, -0.05) is 0 Å². The fraction of sp³-hybridized carbons (Fsp3) is 0.769. The average molecular weight is 266 g/mol. The van der Waals surface area contributed by atoms with Crippen LogP contribution < -0.4 is 5.73 Å². The molecule has 4 nitrogen and oxygen atoms in total. The lowest BCUT2D eigenvalue weighted by Crippen LogP contribution is -2.69. The Labute approximate surface area is 113 Å². The van der Waals surface area contributed by atoms with E-state index in [1.54, 1.807) is 11.3 Å². The quantitative estimate of drug-likeness (QED) is 0.883. The van der Waals surface area contributed by atoms with Crippen LogP contribution in [0.25, 0.3) is 0 Å². The minimum absolute atomic E-state index is 0.167. The summed E-state index contributed by atoms with van der Waals surface area (Å²) in [5.74, 6) is 0.760. The van der Waals surface area contributed by atoms with Crippen LogP contribution in [-0.4, -0.2) is 53.5 Å². The molecule has 1 atom stereocenters. The second-order valence-electron chi connectivity index (χ2n) is 5.69. The maximum absolute atomic E-state index is 6.17. The number of aromatic nitrogens is 1. The first-order chi connectivity index (χ1) is 8.74. The first-order valence-electron chi connectivity index (χ1n) is 6.75.